The molecule has 2 atom stereocenters. The van der Waals surface area contributed by atoms with Gasteiger partial charge in [0.05, 0.1) is 16.6 Å². The van der Waals surface area contributed by atoms with E-state index in [-0.39, 0.29) is 23.9 Å². The van der Waals surface area contributed by atoms with Gasteiger partial charge in [0.25, 0.3) is 11.5 Å². The fourth-order valence-electron chi connectivity index (χ4n) is 4.10. The summed E-state index contributed by atoms with van der Waals surface area (Å²) in [7, 11) is 0. The number of nitrogens with one attached hydrogen (secondary N) is 1. The molecule has 1 aliphatic rings. The molecule has 0 spiro atoms. The van der Waals surface area contributed by atoms with Crippen molar-refractivity contribution in [3.63, 3.8) is 0 Å². The van der Waals surface area contributed by atoms with E-state index >= 15 is 0 Å². The van der Waals surface area contributed by atoms with E-state index in [0.717, 1.165) is 22.8 Å². The molecule has 4 heterocycles. The molecule has 4 rings (SSSR count). The van der Waals surface area contributed by atoms with Crippen LogP contribution < -0.4 is 10.9 Å². The lowest BCUT2D eigenvalue weighted by Crippen LogP contribution is -2.44. The first-order valence-corrected chi connectivity index (χ1v) is 11.7. The number of nitrogens with zero attached hydrogens (tertiary/aromatic N) is 5. The van der Waals surface area contributed by atoms with Crippen molar-refractivity contribution in [3.8, 4) is 0 Å². The molecule has 1 saturated heterocycles. The van der Waals surface area contributed by atoms with Crippen molar-refractivity contribution >= 4 is 49.8 Å². The summed E-state index contributed by atoms with van der Waals surface area (Å²) in [6.45, 7) is 9.17. The second kappa shape index (κ2) is 8.46. The number of amides is 2. The number of likely N-dealkylation sites (tertiary alicyclic amines) is 1. The molecule has 164 valence electrons. The second-order valence-corrected chi connectivity index (χ2v) is 10.4. The standard InChI is InChI=1S/C20H24N6O3S2/c1-10-5-11(2)7-25(6-10)14(27)8-26-9-21-18-15(19(26)29)12(3)16(31-18)17(28)22-20-24-23-13(4)30-20/h9-11H,5-8H2,1-4H3,(H,22,24,28). The third-order valence-corrected chi connectivity index (χ3v) is 7.35. The summed E-state index contributed by atoms with van der Waals surface area (Å²) in [5.74, 6) is 0.457. The molecule has 2 unspecified atom stereocenters. The first-order chi connectivity index (χ1) is 14.7. The Morgan fingerprint density at radius 1 is 1.16 bits per heavy atom. The van der Waals surface area contributed by atoms with Gasteiger partial charge < -0.3 is 4.90 Å². The van der Waals surface area contributed by atoms with Gasteiger partial charge in [-0.15, -0.1) is 21.5 Å². The molecule has 0 saturated carbocycles. The van der Waals surface area contributed by atoms with E-state index in [1.54, 1.807) is 13.8 Å². The largest absolute Gasteiger partial charge is 0.341 e. The van der Waals surface area contributed by atoms with Crippen LogP contribution in [0.1, 0.15) is 40.5 Å². The highest BCUT2D eigenvalue weighted by molar-refractivity contribution is 7.21. The summed E-state index contributed by atoms with van der Waals surface area (Å²) in [6, 6.07) is 0. The lowest BCUT2D eigenvalue weighted by atomic mass is 9.92. The SMILES string of the molecule is Cc1nnc(NC(=O)c2sc3ncn(CC(=O)N4CC(C)CC(C)C4)c(=O)c3c2C)s1. The highest BCUT2D eigenvalue weighted by atomic mass is 32.1. The molecular formula is C20H24N6O3S2. The van der Waals surface area contributed by atoms with E-state index in [2.05, 4.69) is 34.3 Å². The number of anilines is 1. The Morgan fingerprint density at radius 2 is 1.87 bits per heavy atom. The Balaban J connectivity index is 1.59. The quantitative estimate of drug-likeness (QED) is 0.641. The van der Waals surface area contributed by atoms with E-state index in [0.29, 0.717) is 50.7 Å². The molecule has 9 nitrogen and oxygen atoms in total. The van der Waals surface area contributed by atoms with Crippen LogP contribution in [0.4, 0.5) is 5.13 Å². The minimum Gasteiger partial charge on any atom is -0.341 e. The van der Waals surface area contributed by atoms with E-state index in [4.69, 9.17) is 0 Å². The van der Waals surface area contributed by atoms with Gasteiger partial charge >= 0.3 is 0 Å². The zero-order chi connectivity index (χ0) is 22.3. The molecule has 0 bridgehead atoms. The summed E-state index contributed by atoms with van der Waals surface area (Å²) < 4.78 is 1.34. The van der Waals surface area contributed by atoms with Crippen LogP contribution in [0.3, 0.4) is 0 Å². The Morgan fingerprint density at radius 3 is 2.52 bits per heavy atom. The Kier molecular flexibility index (Phi) is 5.89. The van der Waals surface area contributed by atoms with Gasteiger partial charge in [-0.25, -0.2) is 4.98 Å². The van der Waals surface area contributed by atoms with Crippen LogP contribution >= 0.6 is 22.7 Å². The summed E-state index contributed by atoms with van der Waals surface area (Å²) in [6.07, 6.45) is 2.50. The number of carbonyl (C=O) groups excluding carboxylic acids is 2. The van der Waals surface area contributed by atoms with Gasteiger partial charge in [-0.1, -0.05) is 25.2 Å². The number of piperidine rings is 1. The number of aromatic nitrogens is 4. The zero-order valence-corrected chi connectivity index (χ0v) is 19.5. The Hall–Kier alpha value is -2.66. The summed E-state index contributed by atoms with van der Waals surface area (Å²) in [4.78, 5) is 45.7. The normalized spacial score (nSPS) is 19.0. The van der Waals surface area contributed by atoms with Crippen molar-refractivity contribution in [2.45, 2.75) is 40.7 Å². The number of aryl methyl sites for hydroxylation is 2. The maximum Gasteiger partial charge on any atom is 0.267 e. The number of rotatable bonds is 4. The van der Waals surface area contributed by atoms with Gasteiger partial charge in [0.2, 0.25) is 11.0 Å². The molecular weight excluding hydrogens is 436 g/mol. The fourth-order valence-corrected chi connectivity index (χ4v) is 5.72. The molecule has 0 aliphatic carbocycles. The molecule has 0 aromatic carbocycles. The zero-order valence-electron chi connectivity index (χ0n) is 17.8. The average molecular weight is 461 g/mol. The van der Waals surface area contributed by atoms with Crippen molar-refractivity contribution in [2.75, 3.05) is 18.4 Å². The van der Waals surface area contributed by atoms with Crippen molar-refractivity contribution in [2.24, 2.45) is 11.8 Å². The molecule has 1 aliphatic heterocycles. The van der Waals surface area contributed by atoms with Crippen LogP contribution in [0, 0.1) is 25.7 Å². The van der Waals surface area contributed by atoms with E-state index in [9.17, 15) is 14.4 Å². The molecule has 3 aromatic rings. The Bertz CT molecular complexity index is 1200. The highest BCUT2D eigenvalue weighted by Gasteiger charge is 2.26. The fraction of sp³-hybridized carbons (Fsp3) is 0.500. The topological polar surface area (TPSA) is 110 Å². The minimum atomic E-state index is -0.352. The number of thiophene rings is 1. The second-order valence-electron chi connectivity index (χ2n) is 8.24. The minimum absolute atomic E-state index is 0.0535. The van der Waals surface area contributed by atoms with Crippen molar-refractivity contribution < 1.29 is 9.59 Å². The first-order valence-electron chi connectivity index (χ1n) is 10.1. The van der Waals surface area contributed by atoms with E-state index < -0.39 is 0 Å². The van der Waals surface area contributed by atoms with Crippen molar-refractivity contribution in [1.29, 1.82) is 0 Å². The van der Waals surface area contributed by atoms with Crippen LogP contribution in [-0.4, -0.2) is 49.6 Å². The number of hydrogen-bond acceptors (Lipinski definition) is 8. The van der Waals surface area contributed by atoms with Crippen LogP contribution in [0.2, 0.25) is 0 Å². The monoisotopic (exact) mass is 460 g/mol. The van der Waals surface area contributed by atoms with Crippen molar-refractivity contribution in [3.05, 3.63) is 32.1 Å². The molecule has 31 heavy (non-hydrogen) atoms. The van der Waals surface area contributed by atoms with E-state index in [1.807, 2.05) is 4.90 Å². The van der Waals surface area contributed by atoms with Gasteiger partial charge in [-0.3, -0.25) is 24.3 Å². The van der Waals surface area contributed by atoms with Gasteiger partial charge in [0.15, 0.2) is 0 Å². The number of fused-ring (bicyclic) bond motifs is 1. The van der Waals surface area contributed by atoms with Gasteiger partial charge in [-0.05, 0) is 37.7 Å². The smallest absolute Gasteiger partial charge is 0.267 e. The van der Waals surface area contributed by atoms with E-state index in [1.165, 1.54) is 22.2 Å². The Labute approximate surface area is 187 Å². The van der Waals surface area contributed by atoms with Crippen LogP contribution in [0.15, 0.2) is 11.1 Å². The molecule has 1 fully saturated rings. The average Bonchev–Trinajstić information content (AvgIpc) is 3.26. The molecule has 11 heteroatoms. The van der Waals surface area contributed by atoms with Gasteiger partial charge in [0, 0.05) is 13.1 Å². The molecule has 1 N–H and O–H groups in total. The highest BCUT2D eigenvalue weighted by Crippen LogP contribution is 2.28. The molecule has 0 radical (unpaired) electrons. The summed E-state index contributed by atoms with van der Waals surface area (Å²) >= 11 is 2.43. The van der Waals surface area contributed by atoms with Gasteiger partial charge in [0.1, 0.15) is 16.4 Å². The van der Waals surface area contributed by atoms with Gasteiger partial charge in [-0.2, -0.15) is 0 Å². The maximum atomic E-state index is 13.1. The first kappa shape index (κ1) is 21.6. The predicted octanol–water partition coefficient (Wildman–Crippen LogP) is 2.68. The third kappa shape index (κ3) is 4.38. The molecule has 3 aromatic heterocycles. The van der Waals surface area contributed by atoms with Crippen LogP contribution in [0.25, 0.3) is 10.2 Å². The lowest BCUT2D eigenvalue weighted by Gasteiger charge is -2.35. The van der Waals surface area contributed by atoms with Crippen LogP contribution in [-0.2, 0) is 11.3 Å². The third-order valence-electron chi connectivity index (χ3n) is 5.40. The molecule has 2 amide bonds. The predicted molar refractivity (Wildman–Crippen MR) is 121 cm³/mol. The summed E-state index contributed by atoms with van der Waals surface area (Å²) in [5, 5.41) is 12.0. The lowest BCUT2D eigenvalue weighted by molar-refractivity contribution is -0.134. The van der Waals surface area contributed by atoms with Crippen LogP contribution in [0.5, 0.6) is 0 Å². The number of hydrogen-bond donors (Lipinski definition) is 1. The number of carbonyl (C=O) groups is 2. The van der Waals surface area contributed by atoms with Crippen molar-refractivity contribution in [1.82, 2.24) is 24.6 Å². The maximum absolute atomic E-state index is 13.1. The summed E-state index contributed by atoms with van der Waals surface area (Å²) in [5.41, 5.74) is 0.245.